The Bertz CT molecular complexity index is 483. The predicted octanol–water partition coefficient (Wildman–Crippen LogP) is 3.28. The summed E-state index contributed by atoms with van der Waals surface area (Å²) in [7, 11) is 0. The second-order valence-electron chi connectivity index (χ2n) is 6.12. The van der Waals surface area contributed by atoms with E-state index < -0.39 is 11.7 Å². The van der Waals surface area contributed by atoms with Crippen molar-refractivity contribution in [2.24, 2.45) is 5.92 Å². The van der Waals surface area contributed by atoms with E-state index in [0.717, 1.165) is 10.2 Å². The van der Waals surface area contributed by atoms with Crippen LogP contribution in [0.15, 0.2) is 15.9 Å². The molecule has 0 aliphatic carbocycles. The molecule has 1 N–H and O–H groups in total. The maximum Gasteiger partial charge on any atom is 0.410 e. The third-order valence-corrected chi connectivity index (χ3v) is 4.80. The molecule has 0 aromatic carbocycles. The van der Waals surface area contributed by atoms with Gasteiger partial charge >= 0.3 is 6.09 Å². The molecular formula is C14H20BrNO3S. The average Bonchev–Trinajstić information content (AvgIpc) is 2.85. The van der Waals surface area contributed by atoms with E-state index in [9.17, 15) is 9.90 Å². The number of halogens is 1. The molecule has 0 bridgehead atoms. The van der Waals surface area contributed by atoms with Crippen molar-refractivity contribution in [3.8, 4) is 0 Å². The fourth-order valence-corrected chi connectivity index (χ4v) is 3.83. The first kappa shape index (κ1) is 15.8. The molecule has 1 amide bonds. The summed E-state index contributed by atoms with van der Waals surface area (Å²) >= 11 is 5.10. The number of rotatable bonds is 2. The van der Waals surface area contributed by atoms with Gasteiger partial charge in [0.05, 0.1) is 16.4 Å². The summed E-state index contributed by atoms with van der Waals surface area (Å²) in [6.07, 6.45) is -0.0358. The molecular weight excluding hydrogens is 342 g/mol. The molecule has 2 rings (SSSR count). The Kier molecular flexibility index (Phi) is 4.76. The van der Waals surface area contributed by atoms with Crippen LogP contribution >= 0.6 is 27.3 Å². The van der Waals surface area contributed by atoms with Crippen molar-refractivity contribution >= 4 is 33.4 Å². The van der Waals surface area contributed by atoms with Gasteiger partial charge < -0.3 is 14.7 Å². The van der Waals surface area contributed by atoms with E-state index in [4.69, 9.17) is 4.74 Å². The molecule has 2 heterocycles. The van der Waals surface area contributed by atoms with E-state index in [1.54, 1.807) is 16.2 Å². The third-order valence-electron chi connectivity index (χ3n) is 3.15. The fraction of sp³-hybridized carbons (Fsp3) is 0.643. The van der Waals surface area contributed by atoms with Crippen LogP contribution in [0.25, 0.3) is 0 Å². The van der Waals surface area contributed by atoms with Crippen LogP contribution < -0.4 is 0 Å². The number of thiophene rings is 1. The zero-order valence-corrected chi connectivity index (χ0v) is 14.3. The lowest BCUT2D eigenvalue weighted by molar-refractivity contribution is 0.0270. The van der Waals surface area contributed by atoms with E-state index in [1.165, 1.54) is 4.88 Å². The van der Waals surface area contributed by atoms with Crippen LogP contribution in [0.2, 0.25) is 0 Å². The molecule has 1 fully saturated rings. The van der Waals surface area contributed by atoms with Gasteiger partial charge in [-0.1, -0.05) is 0 Å². The van der Waals surface area contributed by atoms with E-state index in [-0.39, 0.29) is 12.0 Å². The number of likely N-dealkylation sites (tertiary alicyclic amines) is 1. The number of carbonyl (C=O) groups is 1. The number of aliphatic hydroxyl groups excluding tert-OH is 1. The number of aliphatic hydroxyl groups is 1. The van der Waals surface area contributed by atoms with Crippen molar-refractivity contribution in [1.82, 2.24) is 4.90 Å². The molecule has 6 heteroatoms. The van der Waals surface area contributed by atoms with Gasteiger partial charge in [0.2, 0.25) is 0 Å². The number of hydrogen-bond donors (Lipinski definition) is 1. The van der Waals surface area contributed by atoms with Crippen molar-refractivity contribution in [2.45, 2.75) is 38.9 Å². The van der Waals surface area contributed by atoms with Crippen molar-refractivity contribution in [1.29, 1.82) is 0 Å². The minimum Gasteiger partial charge on any atom is -0.444 e. The summed E-state index contributed by atoms with van der Waals surface area (Å²) in [5.74, 6) is 0.0769. The first-order valence-electron chi connectivity index (χ1n) is 6.65. The second kappa shape index (κ2) is 6.03. The maximum atomic E-state index is 12.0. The predicted molar refractivity (Wildman–Crippen MR) is 83.0 cm³/mol. The summed E-state index contributed by atoms with van der Waals surface area (Å²) in [6, 6.07) is 4.06. The minimum absolute atomic E-state index is 0.0769. The Morgan fingerprint density at radius 1 is 1.50 bits per heavy atom. The van der Waals surface area contributed by atoms with E-state index in [2.05, 4.69) is 22.0 Å². The maximum absolute atomic E-state index is 12.0. The number of hydrogen-bond acceptors (Lipinski definition) is 4. The van der Waals surface area contributed by atoms with E-state index in [1.807, 2.05) is 26.8 Å². The van der Waals surface area contributed by atoms with Crippen LogP contribution in [0.1, 0.15) is 25.6 Å². The molecule has 4 nitrogen and oxygen atoms in total. The van der Waals surface area contributed by atoms with E-state index in [0.29, 0.717) is 13.1 Å². The van der Waals surface area contributed by atoms with Crippen LogP contribution in [-0.2, 0) is 11.2 Å². The van der Waals surface area contributed by atoms with Crippen LogP contribution in [0.3, 0.4) is 0 Å². The Hall–Kier alpha value is -0.590. The van der Waals surface area contributed by atoms with Gasteiger partial charge in [0.25, 0.3) is 0 Å². The summed E-state index contributed by atoms with van der Waals surface area (Å²) in [4.78, 5) is 14.8. The summed E-state index contributed by atoms with van der Waals surface area (Å²) in [5.41, 5.74) is -0.501. The van der Waals surface area contributed by atoms with Crippen molar-refractivity contribution < 1.29 is 14.6 Å². The number of carbonyl (C=O) groups excluding carboxylic acids is 1. The highest BCUT2D eigenvalue weighted by molar-refractivity contribution is 9.11. The van der Waals surface area contributed by atoms with Crippen molar-refractivity contribution in [2.75, 3.05) is 13.1 Å². The first-order chi connectivity index (χ1) is 9.24. The third kappa shape index (κ3) is 4.20. The van der Waals surface area contributed by atoms with Crippen molar-refractivity contribution in [3.63, 3.8) is 0 Å². The van der Waals surface area contributed by atoms with Gasteiger partial charge in [-0.05, 0) is 55.3 Å². The summed E-state index contributed by atoms with van der Waals surface area (Å²) in [5, 5.41) is 10.1. The van der Waals surface area contributed by atoms with Gasteiger partial charge in [-0.2, -0.15) is 0 Å². The second-order valence-corrected chi connectivity index (χ2v) is 8.67. The molecule has 112 valence electrons. The average molecular weight is 362 g/mol. The highest BCUT2D eigenvalue weighted by Gasteiger charge is 2.36. The lowest BCUT2D eigenvalue weighted by Crippen LogP contribution is -2.35. The minimum atomic E-state index is -0.501. The van der Waals surface area contributed by atoms with Crippen LogP contribution in [0.4, 0.5) is 4.79 Å². The van der Waals surface area contributed by atoms with Crippen LogP contribution in [0, 0.1) is 5.92 Å². The molecule has 1 saturated heterocycles. The molecule has 1 aromatic heterocycles. The number of amides is 1. The van der Waals surface area contributed by atoms with Gasteiger partial charge in [-0.15, -0.1) is 11.3 Å². The first-order valence-corrected chi connectivity index (χ1v) is 8.26. The lowest BCUT2D eigenvalue weighted by atomic mass is 10.0. The highest BCUT2D eigenvalue weighted by Crippen LogP contribution is 2.28. The number of ether oxygens (including phenoxy) is 1. The summed E-state index contributed by atoms with van der Waals surface area (Å²) in [6.45, 7) is 6.44. The molecule has 0 radical (unpaired) electrons. The lowest BCUT2D eigenvalue weighted by Gasteiger charge is -2.24. The Morgan fingerprint density at radius 2 is 2.20 bits per heavy atom. The SMILES string of the molecule is CC(C)(C)OC(=O)N1C[C@@H](Cc2ccc(Br)s2)[C@H](O)C1. The normalized spacial score (nSPS) is 23.1. The molecule has 0 spiro atoms. The number of β-amino-alcohol motifs (C(OH)–C–C–N with tert-alkyl or cyclic N) is 1. The standard InChI is InChI=1S/C14H20BrNO3S/c1-14(2,3)19-13(18)16-7-9(11(17)8-16)6-10-4-5-12(15)20-10/h4-5,9,11,17H,6-8H2,1-3H3/t9-,11-/m1/s1. The highest BCUT2D eigenvalue weighted by atomic mass is 79.9. The Balaban J connectivity index is 1.93. The number of nitrogens with zero attached hydrogens (tertiary/aromatic N) is 1. The van der Waals surface area contributed by atoms with Gasteiger partial charge in [-0.3, -0.25) is 0 Å². The fourth-order valence-electron chi connectivity index (χ4n) is 2.25. The quantitative estimate of drug-likeness (QED) is 0.879. The molecule has 1 aliphatic rings. The smallest absolute Gasteiger partial charge is 0.410 e. The van der Waals surface area contributed by atoms with Crippen LogP contribution in [0.5, 0.6) is 0 Å². The van der Waals surface area contributed by atoms with Gasteiger partial charge in [0.15, 0.2) is 0 Å². The zero-order valence-electron chi connectivity index (χ0n) is 11.9. The zero-order chi connectivity index (χ0) is 14.9. The van der Waals surface area contributed by atoms with Crippen molar-refractivity contribution in [3.05, 3.63) is 20.8 Å². The molecule has 0 unspecified atom stereocenters. The van der Waals surface area contributed by atoms with Gasteiger partial charge in [0.1, 0.15) is 5.60 Å². The Labute approximate surface area is 131 Å². The molecule has 0 saturated carbocycles. The van der Waals surface area contributed by atoms with Gasteiger partial charge in [0, 0.05) is 17.3 Å². The van der Waals surface area contributed by atoms with E-state index >= 15 is 0 Å². The van der Waals surface area contributed by atoms with Crippen LogP contribution in [-0.4, -0.2) is 40.9 Å². The largest absolute Gasteiger partial charge is 0.444 e. The molecule has 2 atom stereocenters. The molecule has 1 aromatic rings. The molecule has 1 aliphatic heterocycles. The monoisotopic (exact) mass is 361 g/mol. The topological polar surface area (TPSA) is 49.8 Å². The van der Waals surface area contributed by atoms with Gasteiger partial charge in [-0.25, -0.2) is 4.79 Å². The summed E-state index contributed by atoms with van der Waals surface area (Å²) < 4.78 is 6.43. The Morgan fingerprint density at radius 3 is 2.75 bits per heavy atom. The molecule has 20 heavy (non-hydrogen) atoms.